The van der Waals surface area contributed by atoms with Crippen molar-refractivity contribution in [3.8, 4) is 5.75 Å². The number of hydrogen-bond donors (Lipinski definition) is 1. The van der Waals surface area contributed by atoms with E-state index in [4.69, 9.17) is 9.47 Å². The summed E-state index contributed by atoms with van der Waals surface area (Å²) in [5.74, 6) is 0.918. The normalized spacial score (nSPS) is 26.1. The molecule has 2 atom stereocenters. The molecule has 2 heterocycles. The third-order valence-electron chi connectivity index (χ3n) is 3.76. The standard InChI is InChI=1S/C13H18N2O2/c1-16-10-6-9-7-14-13-11(15(9)8-10)4-3-5-12(13)17-2/h3-5,9-10,14H,6-8H2,1-2H3. The van der Waals surface area contributed by atoms with Crippen LogP contribution in [0.25, 0.3) is 0 Å². The lowest BCUT2D eigenvalue weighted by Crippen LogP contribution is -2.39. The van der Waals surface area contributed by atoms with E-state index in [1.807, 2.05) is 12.1 Å². The Labute approximate surface area is 102 Å². The van der Waals surface area contributed by atoms with Crippen molar-refractivity contribution in [1.82, 2.24) is 0 Å². The molecule has 92 valence electrons. The fourth-order valence-electron chi connectivity index (χ4n) is 2.86. The van der Waals surface area contributed by atoms with E-state index < -0.39 is 0 Å². The van der Waals surface area contributed by atoms with Gasteiger partial charge < -0.3 is 19.7 Å². The number of para-hydroxylation sites is 1. The first-order valence-electron chi connectivity index (χ1n) is 6.03. The van der Waals surface area contributed by atoms with E-state index in [1.165, 1.54) is 5.69 Å². The van der Waals surface area contributed by atoms with Crippen LogP contribution in [0.2, 0.25) is 0 Å². The van der Waals surface area contributed by atoms with Gasteiger partial charge in [-0.3, -0.25) is 0 Å². The van der Waals surface area contributed by atoms with Crippen LogP contribution in [0.1, 0.15) is 6.42 Å². The number of anilines is 2. The predicted octanol–water partition coefficient (Wildman–Crippen LogP) is 1.71. The van der Waals surface area contributed by atoms with Gasteiger partial charge in [0.1, 0.15) is 11.4 Å². The average molecular weight is 234 g/mol. The van der Waals surface area contributed by atoms with Crippen molar-refractivity contribution in [1.29, 1.82) is 0 Å². The second kappa shape index (κ2) is 4.11. The Balaban J connectivity index is 1.97. The molecule has 0 radical (unpaired) electrons. The minimum atomic E-state index is 0.346. The number of methoxy groups -OCH3 is 2. The molecule has 2 aliphatic rings. The molecule has 1 aromatic rings. The van der Waals surface area contributed by atoms with E-state index in [0.29, 0.717) is 12.1 Å². The largest absolute Gasteiger partial charge is 0.495 e. The third kappa shape index (κ3) is 1.63. The molecule has 1 saturated heterocycles. The fraction of sp³-hybridized carbons (Fsp3) is 0.538. The third-order valence-corrected chi connectivity index (χ3v) is 3.76. The highest BCUT2D eigenvalue weighted by atomic mass is 16.5. The lowest BCUT2D eigenvalue weighted by Gasteiger charge is -2.34. The molecule has 0 saturated carbocycles. The molecule has 4 heteroatoms. The van der Waals surface area contributed by atoms with Gasteiger partial charge in [0.15, 0.2) is 0 Å². The van der Waals surface area contributed by atoms with Crippen LogP contribution in [0.15, 0.2) is 18.2 Å². The number of rotatable bonds is 2. The van der Waals surface area contributed by atoms with Crippen molar-refractivity contribution in [3.63, 3.8) is 0 Å². The van der Waals surface area contributed by atoms with E-state index in [9.17, 15) is 0 Å². The minimum Gasteiger partial charge on any atom is -0.495 e. The Bertz CT molecular complexity index is 422. The van der Waals surface area contributed by atoms with E-state index in [2.05, 4.69) is 16.3 Å². The summed E-state index contributed by atoms with van der Waals surface area (Å²) < 4.78 is 10.9. The molecule has 17 heavy (non-hydrogen) atoms. The number of fused-ring (bicyclic) bond motifs is 3. The van der Waals surface area contributed by atoms with Crippen LogP contribution in [-0.2, 0) is 4.74 Å². The number of benzene rings is 1. The first kappa shape index (κ1) is 10.7. The molecule has 1 N–H and O–H groups in total. The number of hydrogen-bond acceptors (Lipinski definition) is 4. The molecule has 0 aliphatic carbocycles. The van der Waals surface area contributed by atoms with Gasteiger partial charge in [-0.2, -0.15) is 0 Å². The highest BCUT2D eigenvalue weighted by Crippen LogP contribution is 2.41. The van der Waals surface area contributed by atoms with E-state index in [1.54, 1.807) is 14.2 Å². The Morgan fingerprint density at radius 3 is 3.00 bits per heavy atom. The Morgan fingerprint density at radius 2 is 2.24 bits per heavy atom. The van der Waals surface area contributed by atoms with Crippen LogP contribution in [0.4, 0.5) is 11.4 Å². The van der Waals surface area contributed by atoms with Gasteiger partial charge in [0.05, 0.1) is 18.9 Å². The summed E-state index contributed by atoms with van der Waals surface area (Å²) in [6, 6.07) is 6.73. The molecule has 3 rings (SSSR count). The monoisotopic (exact) mass is 234 g/mol. The summed E-state index contributed by atoms with van der Waals surface area (Å²) in [7, 11) is 3.51. The van der Waals surface area contributed by atoms with Gasteiger partial charge in [-0.05, 0) is 18.6 Å². The van der Waals surface area contributed by atoms with E-state index >= 15 is 0 Å². The predicted molar refractivity (Wildman–Crippen MR) is 68.0 cm³/mol. The van der Waals surface area contributed by atoms with Gasteiger partial charge in [0, 0.05) is 26.2 Å². The van der Waals surface area contributed by atoms with Gasteiger partial charge >= 0.3 is 0 Å². The highest BCUT2D eigenvalue weighted by molar-refractivity contribution is 5.79. The molecule has 2 aliphatic heterocycles. The maximum Gasteiger partial charge on any atom is 0.144 e. The highest BCUT2D eigenvalue weighted by Gasteiger charge is 2.36. The maximum atomic E-state index is 5.47. The van der Waals surface area contributed by atoms with Gasteiger partial charge in [-0.25, -0.2) is 0 Å². The van der Waals surface area contributed by atoms with E-state index in [-0.39, 0.29) is 0 Å². The quantitative estimate of drug-likeness (QED) is 0.844. The molecular weight excluding hydrogens is 216 g/mol. The molecular formula is C13H18N2O2. The zero-order valence-electron chi connectivity index (χ0n) is 10.3. The lowest BCUT2D eigenvalue weighted by molar-refractivity contribution is 0.118. The molecule has 0 amide bonds. The summed E-state index contributed by atoms with van der Waals surface area (Å²) in [5, 5.41) is 3.48. The van der Waals surface area contributed by atoms with Gasteiger partial charge in [0.2, 0.25) is 0 Å². The molecule has 1 fully saturated rings. The van der Waals surface area contributed by atoms with Crippen molar-refractivity contribution >= 4 is 11.4 Å². The summed E-state index contributed by atoms with van der Waals surface area (Å²) in [4.78, 5) is 2.43. The lowest BCUT2D eigenvalue weighted by atomic mass is 10.1. The van der Waals surface area contributed by atoms with Crippen LogP contribution in [0, 0.1) is 0 Å². The minimum absolute atomic E-state index is 0.346. The smallest absolute Gasteiger partial charge is 0.144 e. The number of ether oxygens (including phenoxy) is 2. The fourth-order valence-corrected chi connectivity index (χ4v) is 2.86. The molecule has 0 bridgehead atoms. The Morgan fingerprint density at radius 1 is 1.35 bits per heavy atom. The van der Waals surface area contributed by atoms with Gasteiger partial charge in [-0.1, -0.05) is 6.07 Å². The Hall–Kier alpha value is -1.42. The van der Waals surface area contributed by atoms with Crippen LogP contribution in [0.5, 0.6) is 5.75 Å². The van der Waals surface area contributed by atoms with Crippen LogP contribution in [0.3, 0.4) is 0 Å². The molecule has 4 nitrogen and oxygen atoms in total. The van der Waals surface area contributed by atoms with Crippen LogP contribution >= 0.6 is 0 Å². The topological polar surface area (TPSA) is 33.7 Å². The Kier molecular flexibility index (Phi) is 2.59. The second-order valence-corrected chi connectivity index (χ2v) is 4.63. The maximum absolute atomic E-state index is 5.47. The van der Waals surface area contributed by atoms with Gasteiger partial charge in [-0.15, -0.1) is 0 Å². The number of nitrogens with zero attached hydrogens (tertiary/aromatic N) is 1. The average Bonchev–Trinajstić information content (AvgIpc) is 2.81. The SMILES string of the molecule is COc1cccc2c1NCC1CC(OC)CN21. The molecule has 0 spiro atoms. The van der Waals surface area contributed by atoms with Gasteiger partial charge in [0.25, 0.3) is 0 Å². The zero-order chi connectivity index (χ0) is 11.8. The summed E-state index contributed by atoms with van der Waals surface area (Å²) in [5.41, 5.74) is 2.35. The van der Waals surface area contributed by atoms with Crippen molar-refractivity contribution < 1.29 is 9.47 Å². The number of nitrogens with one attached hydrogen (secondary N) is 1. The summed E-state index contributed by atoms with van der Waals surface area (Å²) in [6.45, 7) is 1.94. The zero-order valence-corrected chi connectivity index (χ0v) is 10.3. The van der Waals surface area contributed by atoms with Crippen molar-refractivity contribution in [2.24, 2.45) is 0 Å². The van der Waals surface area contributed by atoms with Crippen molar-refractivity contribution in [2.75, 3.05) is 37.5 Å². The van der Waals surface area contributed by atoms with Crippen molar-refractivity contribution in [3.05, 3.63) is 18.2 Å². The molecule has 2 unspecified atom stereocenters. The van der Waals surface area contributed by atoms with Crippen LogP contribution in [-0.4, -0.2) is 39.5 Å². The summed E-state index contributed by atoms with van der Waals surface area (Å²) in [6.07, 6.45) is 1.44. The first-order valence-corrected chi connectivity index (χ1v) is 6.03. The molecule has 0 aromatic heterocycles. The first-order chi connectivity index (χ1) is 8.33. The van der Waals surface area contributed by atoms with Crippen LogP contribution < -0.4 is 15.0 Å². The molecule has 1 aromatic carbocycles. The van der Waals surface area contributed by atoms with E-state index in [0.717, 1.165) is 30.9 Å². The van der Waals surface area contributed by atoms with Crippen molar-refractivity contribution in [2.45, 2.75) is 18.6 Å². The second-order valence-electron chi connectivity index (χ2n) is 4.63. The summed E-state index contributed by atoms with van der Waals surface area (Å²) >= 11 is 0.